The van der Waals surface area contributed by atoms with E-state index in [0.29, 0.717) is 5.71 Å². The highest BCUT2D eigenvalue weighted by atomic mass is 32.2. The van der Waals surface area contributed by atoms with Crippen molar-refractivity contribution in [3.63, 3.8) is 0 Å². The van der Waals surface area contributed by atoms with Gasteiger partial charge in [-0.15, -0.1) is 0 Å². The molecule has 8 heteroatoms. The predicted molar refractivity (Wildman–Crippen MR) is 82.1 cm³/mol. The van der Waals surface area contributed by atoms with E-state index < -0.39 is 14.9 Å². The molecule has 114 valence electrons. The van der Waals surface area contributed by atoms with Crippen LogP contribution in [0, 0.1) is 10.1 Å². The number of benzene rings is 2. The normalized spacial score (nSPS) is 12.0. The lowest BCUT2D eigenvalue weighted by atomic mass is 10.1. The molecule has 0 aliphatic carbocycles. The van der Waals surface area contributed by atoms with Crippen LogP contribution in [0.2, 0.25) is 0 Å². The van der Waals surface area contributed by atoms with Gasteiger partial charge in [-0.25, -0.2) is 0 Å². The Labute approximate surface area is 127 Å². The Morgan fingerprint density at radius 3 is 2.23 bits per heavy atom. The summed E-state index contributed by atoms with van der Waals surface area (Å²) in [5.74, 6) is 0. The fourth-order valence-corrected chi connectivity index (χ4v) is 2.53. The van der Waals surface area contributed by atoms with Crippen LogP contribution in [0.5, 0.6) is 0 Å². The largest absolute Gasteiger partial charge is 0.276 e. The van der Waals surface area contributed by atoms with Crippen LogP contribution in [0.15, 0.2) is 64.6 Å². The number of sulfonamides is 1. The number of non-ortho nitro benzene ring substituents is 1. The first-order valence-electron chi connectivity index (χ1n) is 6.26. The first-order valence-corrected chi connectivity index (χ1v) is 7.74. The van der Waals surface area contributed by atoms with Crippen LogP contribution < -0.4 is 4.83 Å². The molecule has 0 aliphatic heterocycles. The Morgan fingerprint density at radius 1 is 1.09 bits per heavy atom. The Hall–Kier alpha value is -2.74. The van der Waals surface area contributed by atoms with E-state index in [9.17, 15) is 18.5 Å². The summed E-state index contributed by atoms with van der Waals surface area (Å²) in [6, 6.07) is 13.7. The standard InChI is InChI=1S/C14H13N3O4S/c1-11(12-5-3-2-4-6-12)15-16-22(20,21)14-9-7-13(8-10-14)17(18)19/h2-10,16H,1H3. The SMILES string of the molecule is CC(=NNS(=O)(=O)c1ccc([N+](=O)[O-])cc1)c1ccccc1. The summed E-state index contributed by atoms with van der Waals surface area (Å²) in [6.07, 6.45) is 0. The lowest BCUT2D eigenvalue weighted by molar-refractivity contribution is -0.384. The average Bonchev–Trinajstić information content (AvgIpc) is 2.53. The van der Waals surface area contributed by atoms with E-state index in [1.165, 1.54) is 0 Å². The van der Waals surface area contributed by atoms with Crippen molar-refractivity contribution in [1.82, 2.24) is 4.83 Å². The Bertz CT molecular complexity index is 800. The molecule has 0 unspecified atom stereocenters. The third-order valence-corrected chi connectivity index (χ3v) is 4.11. The predicted octanol–water partition coefficient (Wildman–Crippen LogP) is 2.30. The zero-order valence-electron chi connectivity index (χ0n) is 11.6. The van der Waals surface area contributed by atoms with Gasteiger partial charge in [-0.1, -0.05) is 30.3 Å². The topological polar surface area (TPSA) is 102 Å². The molecule has 0 aromatic heterocycles. The Morgan fingerprint density at radius 2 is 1.68 bits per heavy atom. The second-order valence-corrected chi connectivity index (χ2v) is 6.07. The van der Waals surface area contributed by atoms with Crippen LogP contribution in [-0.2, 0) is 10.0 Å². The highest BCUT2D eigenvalue weighted by Gasteiger charge is 2.15. The molecule has 0 saturated heterocycles. The zero-order valence-corrected chi connectivity index (χ0v) is 12.4. The number of nitrogens with zero attached hydrogens (tertiary/aromatic N) is 2. The quantitative estimate of drug-likeness (QED) is 0.519. The van der Waals surface area contributed by atoms with Crippen molar-refractivity contribution >= 4 is 21.4 Å². The second-order valence-electron chi connectivity index (χ2n) is 4.41. The summed E-state index contributed by atoms with van der Waals surface area (Å²) in [4.78, 5) is 12.0. The van der Waals surface area contributed by atoms with E-state index in [1.807, 2.05) is 18.2 Å². The minimum absolute atomic E-state index is 0.0947. The van der Waals surface area contributed by atoms with Crippen LogP contribution >= 0.6 is 0 Å². The van der Waals surface area contributed by atoms with Gasteiger partial charge in [0.2, 0.25) is 0 Å². The maximum absolute atomic E-state index is 12.1. The molecular formula is C14H13N3O4S. The molecule has 0 bridgehead atoms. The summed E-state index contributed by atoms with van der Waals surface area (Å²) in [6.45, 7) is 1.67. The molecule has 0 radical (unpaired) electrons. The van der Waals surface area contributed by atoms with Crippen LogP contribution in [0.1, 0.15) is 12.5 Å². The maximum Gasteiger partial charge on any atom is 0.276 e. The van der Waals surface area contributed by atoms with Gasteiger partial charge in [0.25, 0.3) is 15.7 Å². The molecule has 0 amide bonds. The van der Waals surface area contributed by atoms with Gasteiger partial charge in [-0.2, -0.15) is 18.4 Å². The summed E-state index contributed by atoms with van der Waals surface area (Å²) in [5, 5.41) is 14.4. The third-order valence-electron chi connectivity index (χ3n) is 2.88. The van der Waals surface area contributed by atoms with E-state index in [2.05, 4.69) is 9.93 Å². The van der Waals surface area contributed by atoms with E-state index >= 15 is 0 Å². The number of hydrogen-bond donors (Lipinski definition) is 1. The van der Waals surface area contributed by atoms with Crippen LogP contribution in [0.3, 0.4) is 0 Å². The van der Waals surface area contributed by atoms with Crippen molar-refractivity contribution in [1.29, 1.82) is 0 Å². The minimum atomic E-state index is -3.87. The van der Waals surface area contributed by atoms with Gasteiger partial charge in [-0.3, -0.25) is 10.1 Å². The monoisotopic (exact) mass is 319 g/mol. The number of rotatable bonds is 5. The molecular weight excluding hydrogens is 306 g/mol. The van der Waals surface area contributed by atoms with E-state index in [-0.39, 0.29) is 10.6 Å². The molecule has 22 heavy (non-hydrogen) atoms. The van der Waals surface area contributed by atoms with E-state index in [0.717, 1.165) is 29.8 Å². The molecule has 0 aliphatic rings. The molecule has 0 spiro atoms. The molecule has 2 aromatic rings. The minimum Gasteiger partial charge on any atom is -0.258 e. The van der Waals surface area contributed by atoms with Crippen molar-refractivity contribution in [3.8, 4) is 0 Å². The second kappa shape index (κ2) is 6.35. The molecule has 0 saturated carbocycles. The highest BCUT2D eigenvalue weighted by Crippen LogP contribution is 2.15. The fourth-order valence-electron chi connectivity index (χ4n) is 1.67. The summed E-state index contributed by atoms with van der Waals surface area (Å²) in [7, 11) is -3.87. The lowest BCUT2D eigenvalue weighted by Crippen LogP contribution is -2.19. The van der Waals surface area contributed by atoms with Gasteiger partial charge in [0.05, 0.1) is 15.5 Å². The molecule has 0 heterocycles. The van der Waals surface area contributed by atoms with Gasteiger partial charge >= 0.3 is 0 Å². The molecule has 2 aromatic carbocycles. The number of nitro benzene ring substituents is 1. The van der Waals surface area contributed by atoms with Crippen molar-refractivity contribution < 1.29 is 13.3 Å². The Balaban J connectivity index is 2.19. The lowest BCUT2D eigenvalue weighted by Gasteiger charge is -2.05. The number of nitrogens with one attached hydrogen (secondary N) is 1. The first-order chi connectivity index (χ1) is 10.4. The van der Waals surface area contributed by atoms with E-state index in [4.69, 9.17) is 0 Å². The number of hydrazone groups is 1. The average molecular weight is 319 g/mol. The summed E-state index contributed by atoms with van der Waals surface area (Å²) < 4.78 is 24.1. The Kier molecular flexibility index (Phi) is 4.52. The third kappa shape index (κ3) is 3.67. The van der Waals surface area contributed by atoms with Gasteiger partial charge in [0.15, 0.2) is 0 Å². The maximum atomic E-state index is 12.1. The first kappa shape index (κ1) is 15.6. The molecule has 0 fully saturated rings. The van der Waals surface area contributed by atoms with Crippen LogP contribution in [0.25, 0.3) is 0 Å². The summed E-state index contributed by atoms with van der Waals surface area (Å²) >= 11 is 0. The van der Waals surface area contributed by atoms with Crippen molar-refractivity contribution in [2.75, 3.05) is 0 Å². The molecule has 0 atom stereocenters. The fraction of sp³-hybridized carbons (Fsp3) is 0.0714. The zero-order chi connectivity index (χ0) is 16.2. The van der Waals surface area contributed by atoms with Gasteiger partial charge in [0.1, 0.15) is 0 Å². The van der Waals surface area contributed by atoms with Crippen molar-refractivity contribution in [2.45, 2.75) is 11.8 Å². The number of hydrogen-bond acceptors (Lipinski definition) is 5. The summed E-state index contributed by atoms with van der Waals surface area (Å²) in [5.41, 5.74) is 1.11. The number of nitro groups is 1. The van der Waals surface area contributed by atoms with Gasteiger partial charge in [0, 0.05) is 12.1 Å². The smallest absolute Gasteiger partial charge is 0.258 e. The van der Waals surface area contributed by atoms with Gasteiger partial charge < -0.3 is 0 Å². The van der Waals surface area contributed by atoms with Gasteiger partial charge in [-0.05, 0) is 24.6 Å². The van der Waals surface area contributed by atoms with Crippen LogP contribution in [0.4, 0.5) is 5.69 Å². The molecule has 7 nitrogen and oxygen atoms in total. The molecule has 2 rings (SSSR count). The van der Waals surface area contributed by atoms with Crippen molar-refractivity contribution in [2.24, 2.45) is 5.10 Å². The molecule has 1 N–H and O–H groups in total. The highest BCUT2D eigenvalue weighted by molar-refractivity contribution is 7.89. The van der Waals surface area contributed by atoms with Crippen molar-refractivity contribution in [3.05, 3.63) is 70.3 Å². The van der Waals surface area contributed by atoms with E-state index in [1.54, 1.807) is 19.1 Å². The van der Waals surface area contributed by atoms with Crippen LogP contribution in [-0.4, -0.2) is 19.1 Å².